The van der Waals surface area contributed by atoms with E-state index in [4.69, 9.17) is 11.6 Å². The van der Waals surface area contributed by atoms with E-state index in [-0.39, 0.29) is 35.8 Å². The first-order chi connectivity index (χ1) is 12.2. The third-order valence-electron chi connectivity index (χ3n) is 4.64. The molecule has 26 heavy (non-hydrogen) atoms. The molecule has 2 N–H and O–H groups in total. The highest BCUT2D eigenvalue weighted by Crippen LogP contribution is 2.28. The number of aliphatic imine (C=N–C) groups is 1. The van der Waals surface area contributed by atoms with Gasteiger partial charge in [0.25, 0.3) is 0 Å². The van der Waals surface area contributed by atoms with Gasteiger partial charge >= 0.3 is 0 Å². The predicted octanol–water partition coefficient (Wildman–Crippen LogP) is 2.18. The first-order valence-corrected chi connectivity index (χ1v) is 9.29. The zero-order chi connectivity index (χ0) is 17.6. The molecule has 0 aromatic heterocycles. The molecule has 0 radical (unpaired) electrons. The molecule has 1 aromatic carbocycles. The van der Waals surface area contributed by atoms with Crippen LogP contribution in [0.1, 0.15) is 12.8 Å². The monoisotopic (exact) mass is 491 g/mol. The number of anilines is 1. The van der Waals surface area contributed by atoms with Crippen molar-refractivity contribution in [2.45, 2.75) is 12.8 Å². The van der Waals surface area contributed by atoms with Gasteiger partial charge in [0.15, 0.2) is 5.96 Å². The Morgan fingerprint density at radius 1 is 1.15 bits per heavy atom. The number of hydrogen-bond acceptors (Lipinski definition) is 3. The van der Waals surface area contributed by atoms with Gasteiger partial charge < -0.3 is 20.4 Å². The number of carbonyl (C=O) groups excluding carboxylic acids is 1. The summed E-state index contributed by atoms with van der Waals surface area (Å²) in [4.78, 5) is 20.5. The van der Waals surface area contributed by atoms with Crippen molar-refractivity contribution in [1.29, 1.82) is 0 Å². The fraction of sp³-hybridized carbons (Fsp3) is 0.556. The van der Waals surface area contributed by atoms with E-state index < -0.39 is 0 Å². The fourth-order valence-electron chi connectivity index (χ4n) is 3.05. The summed E-state index contributed by atoms with van der Waals surface area (Å²) in [6.07, 6.45) is 2.08. The fourth-order valence-corrected chi connectivity index (χ4v) is 3.30. The van der Waals surface area contributed by atoms with Gasteiger partial charge in [0.1, 0.15) is 0 Å². The van der Waals surface area contributed by atoms with Crippen LogP contribution in [-0.2, 0) is 4.79 Å². The summed E-state index contributed by atoms with van der Waals surface area (Å²) in [6.45, 7) is 4.91. The standard InChI is InChI=1S/C18H26ClN5O.HI/c1-20-18(22-9-8-21-17(25)14-6-7-14)24-12-10-23(11-13-24)16-5-3-2-4-15(16)19;/h2-5,14H,6-13H2,1H3,(H,20,22)(H,21,25);1H. The Morgan fingerprint density at radius 3 is 2.42 bits per heavy atom. The Hall–Kier alpha value is -1.22. The van der Waals surface area contributed by atoms with Crippen molar-refractivity contribution in [3.63, 3.8) is 0 Å². The maximum atomic E-state index is 11.6. The molecule has 0 spiro atoms. The summed E-state index contributed by atoms with van der Waals surface area (Å²) in [7, 11) is 1.80. The first kappa shape index (κ1) is 21.1. The van der Waals surface area contributed by atoms with Crippen LogP contribution in [0.2, 0.25) is 5.02 Å². The SMILES string of the molecule is CN=C(NCCNC(=O)C1CC1)N1CCN(c2ccccc2Cl)CC1.I. The van der Waals surface area contributed by atoms with E-state index in [0.29, 0.717) is 13.1 Å². The lowest BCUT2D eigenvalue weighted by Gasteiger charge is -2.38. The van der Waals surface area contributed by atoms with Crippen molar-refractivity contribution in [3.8, 4) is 0 Å². The van der Waals surface area contributed by atoms with Crippen LogP contribution in [-0.4, -0.2) is 63.1 Å². The highest BCUT2D eigenvalue weighted by molar-refractivity contribution is 14.0. The summed E-state index contributed by atoms with van der Waals surface area (Å²) in [5.41, 5.74) is 1.09. The smallest absolute Gasteiger partial charge is 0.223 e. The summed E-state index contributed by atoms with van der Waals surface area (Å²) >= 11 is 6.29. The molecule has 0 unspecified atom stereocenters. The minimum absolute atomic E-state index is 0. The van der Waals surface area contributed by atoms with Gasteiger partial charge in [0.2, 0.25) is 5.91 Å². The van der Waals surface area contributed by atoms with E-state index in [1.807, 2.05) is 18.2 Å². The molecule has 2 fully saturated rings. The molecule has 0 bridgehead atoms. The molecule has 3 rings (SSSR count). The van der Waals surface area contributed by atoms with Crippen LogP contribution in [0.3, 0.4) is 0 Å². The number of hydrogen-bond donors (Lipinski definition) is 2. The zero-order valence-electron chi connectivity index (χ0n) is 15.1. The molecule has 1 amide bonds. The number of nitrogens with one attached hydrogen (secondary N) is 2. The second-order valence-electron chi connectivity index (χ2n) is 6.46. The van der Waals surface area contributed by atoms with Crippen molar-refractivity contribution in [2.75, 3.05) is 51.2 Å². The number of para-hydroxylation sites is 1. The van der Waals surface area contributed by atoms with Gasteiger partial charge in [-0.1, -0.05) is 23.7 Å². The number of benzene rings is 1. The third-order valence-corrected chi connectivity index (χ3v) is 4.96. The largest absolute Gasteiger partial charge is 0.367 e. The lowest BCUT2D eigenvalue weighted by Crippen LogP contribution is -2.53. The molecule has 144 valence electrons. The summed E-state index contributed by atoms with van der Waals surface area (Å²) in [6, 6.07) is 7.97. The Balaban J connectivity index is 0.00000243. The maximum absolute atomic E-state index is 11.6. The molecular formula is C18H27ClIN5O. The van der Waals surface area contributed by atoms with Gasteiger partial charge in [-0.3, -0.25) is 9.79 Å². The average Bonchev–Trinajstić information content (AvgIpc) is 3.48. The molecule has 1 aliphatic carbocycles. The highest BCUT2D eigenvalue weighted by Gasteiger charge is 2.29. The molecule has 1 saturated heterocycles. The highest BCUT2D eigenvalue weighted by atomic mass is 127. The predicted molar refractivity (Wildman–Crippen MR) is 118 cm³/mol. The molecular weight excluding hydrogens is 465 g/mol. The lowest BCUT2D eigenvalue weighted by atomic mass is 10.2. The van der Waals surface area contributed by atoms with Crippen LogP contribution in [0.5, 0.6) is 0 Å². The van der Waals surface area contributed by atoms with E-state index in [2.05, 4.69) is 31.5 Å². The molecule has 6 nitrogen and oxygen atoms in total. The van der Waals surface area contributed by atoms with Crippen LogP contribution in [0, 0.1) is 5.92 Å². The van der Waals surface area contributed by atoms with Crippen LogP contribution in [0.15, 0.2) is 29.3 Å². The van der Waals surface area contributed by atoms with Crippen LogP contribution >= 0.6 is 35.6 Å². The number of guanidine groups is 1. The van der Waals surface area contributed by atoms with Gasteiger partial charge in [-0.2, -0.15) is 0 Å². The number of amides is 1. The molecule has 8 heteroatoms. The Bertz CT molecular complexity index is 630. The summed E-state index contributed by atoms with van der Waals surface area (Å²) in [5.74, 6) is 1.34. The van der Waals surface area contributed by atoms with Gasteiger partial charge in [-0.25, -0.2) is 0 Å². The van der Waals surface area contributed by atoms with Crippen LogP contribution in [0.25, 0.3) is 0 Å². The Morgan fingerprint density at radius 2 is 1.81 bits per heavy atom. The maximum Gasteiger partial charge on any atom is 0.223 e. The molecule has 1 aliphatic heterocycles. The van der Waals surface area contributed by atoms with E-state index in [1.54, 1.807) is 7.05 Å². The lowest BCUT2D eigenvalue weighted by molar-refractivity contribution is -0.122. The minimum Gasteiger partial charge on any atom is -0.367 e. The molecule has 0 atom stereocenters. The first-order valence-electron chi connectivity index (χ1n) is 8.92. The van der Waals surface area contributed by atoms with E-state index in [0.717, 1.165) is 55.7 Å². The van der Waals surface area contributed by atoms with Gasteiger partial charge in [0, 0.05) is 52.2 Å². The van der Waals surface area contributed by atoms with Gasteiger partial charge in [0.05, 0.1) is 10.7 Å². The van der Waals surface area contributed by atoms with Crippen LogP contribution < -0.4 is 15.5 Å². The average molecular weight is 492 g/mol. The normalized spacial score (nSPS) is 17.5. The third kappa shape index (κ3) is 5.64. The topological polar surface area (TPSA) is 60.0 Å². The number of piperazine rings is 1. The zero-order valence-corrected chi connectivity index (χ0v) is 18.2. The second-order valence-corrected chi connectivity index (χ2v) is 6.87. The van der Waals surface area contributed by atoms with E-state index >= 15 is 0 Å². The number of carbonyl (C=O) groups is 1. The van der Waals surface area contributed by atoms with E-state index in [1.165, 1.54) is 0 Å². The van der Waals surface area contributed by atoms with Crippen molar-refractivity contribution < 1.29 is 4.79 Å². The van der Waals surface area contributed by atoms with Gasteiger partial charge in [-0.15, -0.1) is 24.0 Å². The van der Waals surface area contributed by atoms with Crippen molar-refractivity contribution in [1.82, 2.24) is 15.5 Å². The summed E-state index contributed by atoms with van der Waals surface area (Å²) < 4.78 is 0. The van der Waals surface area contributed by atoms with E-state index in [9.17, 15) is 4.79 Å². The number of halogens is 2. The molecule has 1 aromatic rings. The number of rotatable bonds is 5. The summed E-state index contributed by atoms with van der Waals surface area (Å²) in [5, 5.41) is 7.10. The molecule has 1 saturated carbocycles. The second kappa shape index (κ2) is 10.2. The van der Waals surface area contributed by atoms with Crippen molar-refractivity contribution >= 4 is 53.1 Å². The quantitative estimate of drug-likeness (QED) is 0.287. The Kier molecular flexibility index (Phi) is 8.27. The minimum atomic E-state index is 0. The number of nitrogens with zero attached hydrogens (tertiary/aromatic N) is 3. The van der Waals surface area contributed by atoms with Gasteiger partial charge in [-0.05, 0) is 25.0 Å². The Labute approximate surface area is 177 Å². The molecule has 2 aliphatic rings. The van der Waals surface area contributed by atoms with Crippen molar-refractivity contribution in [3.05, 3.63) is 29.3 Å². The van der Waals surface area contributed by atoms with Crippen molar-refractivity contribution in [2.24, 2.45) is 10.9 Å². The van der Waals surface area contributed by atoms with Crippen LogP contribution in [0.4, 0.5) is 5.69 Å². The molecule has 1 heterocycles.